The molecule has 2 bridgehead atoms. The van der Waals surface area contributed by atoms with Gasteiger partial charge in [0.2, 0.25) is 0 Å². The number of fused-ring (bicyclic) bond motifs is 2. The highest BCUT2D eigenvalue weighted by molar-refractivity contribution is 5.82. The van der Waals surface area contributed by atoms with Gasteiger partial charge >= 0.3 is 5.97 Å². The van der Waals surface area contributed by atoms with E-state index in [1.165, 1.54) is 18.4 Å². The topological polar surface area (TPSA) is 38.3 Å². The normalized spacial score (nSPS) is 33.4. The second-order valence-electron chi connectivity index (χ2n) is 4.10. The zero-order valence-corrected chi connectivity index (χ0v) is 8.58. The number of hydrogen-bond donors (Lipinski definition) is 1. The summed E-state index contributed by atoms with van der Waals surface area (Å²) in [6, 6.07) is 1.21. The van der Waals surface area contributed by atoms with E-state index in [9.17, 15) is 4.79 Å². The first-order valence-corrected chi connectivity index (χ1v) is 5.40. The fourth-order valence-corrected chi connectivity index (χ4v) is 2.41. The fourth-order valence-electron chi connectivity index (χ4n) is 2.41. The highest BCUT2D eigenvalue weighted by Crippen LogP contribution is 2.30. The van der Waals surface area contributed by atoms with Crippen molar-refractivity contribution in [1.29, 1.82) is 0 Å². The van der Waals surface area contributed by atoms with Crippen molar-refractivity contribution >= 4 is 5.97 Å². The zero-order valence-electron chi connectivity index (χ0n) is 8.58. The minimum absolute atomic E-state index is 0.177. The van der Waals surface area contributed by atoms with Gasteiger partial charge in [-0.15, -0.1) is 0 Å². The predicted molar refractivity (Wildman–Crippen MR) is 53.9 cm³/mol. The molecule has 0 amide bonds. The largest absolute Gasteiger partial charge is 0.463 e. The van der Waals surface area contributed by atoms with Gasteiger partial charge in [0.05, 0.1) is 6.61 Å². The third kappa shape index (κ3) is 2.15. The van der Waals surface area contributed by atoms with Gasteiger partial charge < -0.3 is 10.1 Å². The van der Waals surface area contributed by atoms with E-state index in [0.29, 0.717) is 18.7 Å². The summed E-state index contributed by atoms with van der Waals surface area (Å²) >= 11 is 0. The van der Waals surface area contributed by atoms with E-state index >= 15 is 0 Å². The van der Waals surface area contributed by atoms with Crippen LogP contribution >= 0.6 is 0 Å². The molecule has 0 aromatic rings. The fraction of sp³-hybridized carbons (Fsp3) is 0.727. The molecule has 0 radical (unpaired) electrons. The summed E-state index contributed by atoms with van der Waals surface area (Å²) in [5.41, 5.74) is 1.26. The molecule has 2 saturated heterocycles. The number of ether oxygens (including phenoxy) is 1. The molecule has 1 N–H and O–H groups in total. The molecule has 2 aliphatic rings. The van der Waals surface area contributed by atoms with Gasteiger partial charge in [-0.05, 0) is 32.6 Å². The molecule has 2 aliphatic heterocycles. The molecule has 2 fully saturated rings. The molecule has 0 aromatic carbocycles. The minimum atomic E-state index is -0.177. The Morgan fingerprint density at radius 1 is 1.50 bits per heavy atom. The molecular weight excluding hydrogens is 178 g/mol. The molecule has 78 valence electrons. The zero-order chi connectivity index (χ0) is 9.97. The van der Waals surface area contributed by atoms with Crippen molar-refractivity contribution in [2.75, 3.05) is 6.61 Å². The minimum Gasteiger partial charge on any atom is -0.463 e. The highest BCUT2D eigenvalue weighted by atomic mass is 16.5. The highest BCUT2D eigenvalue weighted by Gasteiger charge is 2.30. The number of carbonyl (C=O) groups is 1. The monoisotopic (exact) mass is 195 g/mol. The number of nitrogens with one attached hydrogen (secondary N) is 1. The average molecular weight is 195 g/mol. The summed E-state index contributed by atoms with van der Waals surface area (Å²) in [6.45, 7) is 2.30. The van der Waals surface area contributed by atoms with E-state index < -0.39 is 0 Å². The van der Waals surface area contributed by atoms with Crippen molar-refractivity contribution in [2.45, 2.75) is 44.7 Å². The van der Waals surface area contributed by atoms with Crippen LogP contribution in [0.15, 0.2) is 11.6 Å². The van der Waals surface area contributed by atoms with Gasteiger partial charge in [0.15, 0.2) is 0 Å². The smallest absolute Gasteiger partial charge is 0.330 e. The van der Waals surface area contributed by atoms with E-state index in [0.717, 1.165) is 12.8 Å². The third-order valence-electron chi connectivity index (χ3n) is 2.96. The van der Waals surface area contributed by atoms with Crippen LogP contribution in [0, 0.1) is 0 Å². The molecule has 1 unspecified atom stereocenters. The maximum absolute atomic E-state index is 11.2. The van der Waals surface area contributed by atoms with Gasteiger partial charge in [-0.2, -0.15) is 0 Å². The Morgan fingerprint density at radius 2 is 2.14 bits per heavy atom. The lowest BCUT2D eigenvalue weighted by molar-refractivity contribution is -0.137. The number of hydrogen-bond acceptors (Lipinski definition) is 3. The van der Waals surface area contributed by atoms with Gasteiger partial charge in [0, 0.05) is 18.2 Å². The Labute approximate surface area is 84.5 Å². The van der Waals surface area contributed by atoms with E-state index in [1.807, 2.05) is 6.92 Å². The molecule has 3 heteroatoms. The van der Waals surface area contributed by atoms with Crippen LogP contribution in [0.25, 0.3) is 0 Å². The maximum atomic E-state index is 11.2. The third-order valence-corrected chi connectivity index (χ3v) is 2.96. The maximum Gasteiger partial charge on any atom is 0.330 e. The summed E-state index contributed by atoms with van der Waals surface area (Å²) in [7, 11) is 0. The van der Waals surface area contributed by atoms with Crippen LogP contribution in [0.3, 0.4) is 0 Å². The predicted octanol–water partition coefficient (Wildman–Crippen LogP) is 1.39. The molecule has 0 spiro atoms. The molecule has 2 atom stereocenters. The van der Waals surface area contributed by atoms with Gasteiger partial charge in [-0.1, -0.05) is 5.57 Å². The van der Waals surface area contributed by atoms with E-state index in [-0.39, 0.29) is 5.97 Å². The first-order valence-electron chi connectivity index (χ1n) is 5.40. The quantitative estimate of drug-likeness (QED) is 0.534. The second kappa shape index (κ2) is 4.13. The molecule has 2 heterocycles. The summed E-state index contributed by atoms with van der Waals surface area (Å²) in [5, 5.41) is 3.53. The standard InChI is InChI=1S/C11H17NO2/c1-2-14-11(13)7-8-5-9-3-4-10(6-8)12-9/h7,9-10,12H,2-6H2,1H3/b8-7-/t9-,10?/m0/s1. The van der Waals surface area contributed by atoms with Crippen LogP contribution in [0.4, 0.5) is 0 Å². The number of esters is 1. The molecule has 2 rings (SSSR count). The van der Waals surface area contributed by atoms with Crippen LogP contribution in [0.1, 0.15) is 32.6 Å². The van der Waals surface area contributed by atoms with Crippen LogP contribution < -0.4 is 5.32 Å². The summed E-state index contributed by atoms with van der Waals surface area (Å²) < 4.78 is 4.90. The number of rotatable bonds is 2. The van der Waals surface area contributed by atoms with Gasteiger partial charge in [-0.3, -0.25) is 0 Å². The Hall–Kier alpha value is -0.830. The van der Waals surface area contributed by atoms with E-state index in [2.05, 4.69) is 5.32 Å². The average Bonchev–Trinajstić information content (AvgIpc) is 2.46. The van der Waals surface area contributed by atoms with Crippen molar-refractivity contribution in [1.82, 2.24) is 5.32 Å². The summed E-state index contributed by atoms with van der Waals surface area (Å²) in [4.78, 5) is 11.2. The van der Waals surface area contributed by atoms with Crippen molar-refractivity contribution in [3.8, 4) is 0 Å². The van der Waals surface area contributed by atoms with Crippen LogP contribution in [-0.2, 0) is 9.53 Å². The molecule has 14 heavy (non-hydrogen) atoms. The van der Waals surface area contributed by atoms with Crippen molar-refractivity contribution in [2.24, 2.45) is 0 Å². The molecule has 3 nitrogen and oxygen atoms in total. The first-order chi connectivity index (χ1) is 6.78. The lowest BCUT2D eigenvalue weighted by atomic mass is 9.99. The van der Waals surface area contributed by atoms with Crippen molar-refractivity contribution in [3.63, 3.8) is 0 Å². The van der Waals surface area contributed by atoms with Gasteiger partial charge in [0.25, 0.3) is 0 Å². The summed E-state index contributed by atoms with van der Waals surface area (Å²) in [6.07, 6.45) is 6.25. The number of piperidine rings is 1. The first kappa shape index (κ1) is 9.71. The SMILES string of the molecule is CCOC(=O)/C=C1\CC2CC[C@@H](C1)N2. The lowest BCUT2D eigenvalue weighted by Crippen LogP contribution is -2.34. The van der Waals surface area contributed by atoms with E-state index in [1.54, 1.807) is 6.08 Å². The lowest BCUT2D eigenvalue weighted by Gasteiger charge is -2.23. The van der Waals surface area contributed by atoms with Crippen molar-refractivity contribution < 1.29 is 9.53 Å². The molecule has 0 aromatic heterocycles. The summed E-state index contributed by atoms with van der Waals surface area (Å²) in [5.74, 6) is -0.177. The number of carbonyl (C=O) groups excluding carboxylic acids is 1. The van der Waals surface area contributed by atoms with Gasteiger partial charge in [-0.25, -0.2) is 4.79 Å². The van der Waals surface area contributed by atoms with Gasteiger partial charge in [0.1, 0.15) is 0 Å². The van der Waals surface area contributed by atoms with Crippen LogP contribution in [0.5, 0.6) is 0 Å². The molecular formula is C11H17NO2. The molecule has 0 saturated carbocycles. The van der Waals surface area contributed by atoms with Crippen LogP contribution in [-0.4, -0.2) is 24.7 Å². The molecule has 0 aliphatic carbocycles. The Morgan fingerprint density at radius 3 is 2.71 bits per heavy atom. The Balaban J connectivity index is 1.95. The van der Waals surface area contributed by atoms with Crippen molar-refractivity contribution in [3.05, 3.63) is 11.6 Å². The van der Waals surface area contributed by atoms with Crippen LogP contribution in [0.2, 0.25) is 0 Å². The second-order valence-corrected chi connectivity index (χ2v) is 4.10. The van der Waals surface area contributed by atoms with E-state index in [4.69, 9.17) is 4.74 Å². The Kier molecular flexibility index (Phi) is 2.87. The Bertz CT molecular complexity index is 246.